The number of aliphatic hydroxyl groups excluding tert-OH is 3. The van der Waals surface area contributed by atoms with Crippen molar-refractivity contribution in [2.24, 2.45) is 0 Å². The second-order valence-corrected chi connectivity index (χ2v) is 8.84. The fraction of sp³-hybridized carbons (Fsp3) is 0.444. The second-order valence-electron chi connectivity index (χ2n) is 8.84. The minimum atomic E-state index is -2.20. The highest BCUT2D eigenvalue weighted by molar-refractivity contribution is 5.41. The van der Waals surface area contributed by atoms with Crippen LogP contribution in [0.2, 0.25) is 0 Å². The van der Waals surface area contributed by atoms with Gasteiger partial charge in [0.1, 0.15) is 18.3 Å². The van der Waals surface area contributed by atoms with Crippen molar-refractivity contribution < 1.29 is 25.2 Å². The van der Waals surface area contributed by atoms with Crippen molar-refractivity contribution in [1.82, 2.24) is 4.57 Å². The zero-order valence-electron chi connectivity index (χ0n) is 18.8. The monoisotopic (exact) mass is 463 g/mol. The molecule has 2 heterocycles. The van der Waals surface area contributed by atoms with Crippen LogP contribution in [0.1, 0.15) is 49.3 Å². The first-order valence-corrected chi connectivity index (χ1v) is 11.6. The maximum absolute atomic E-state index is 12.4. The number of aliphatic hydroxyl groups is 4. The van der Waals surface area contributed by atoms with Gasteiger partial charge in [-0.3, -0.25) is 4.79 Å². The summed E-state index contributed by atoms with van der Waals surface area (Å²) in [5.74, 6) is 11.2. The van der Waals surface area contributed by atoms with Crippen molar-refractivity contribution in [2.75, 3.05) is 6.61 Å². The van der Waals surface area contributed by atoms with Gasteiger partial charge in [0.05, 0.1) is 6.61 Å². The lowest BCUT2D eigenvalue weighted by molar-refractivity contribution is -0.239. The van der Waals surface area contributed by atoms with Crippen molar-refractivity contribution in [2.45, 2.75) is 68.2 Å². The summed E-state index contributed by atoms with van der Waals surface area (Å²) in [5.41, 5.74) is -1.14. The molecule has 4 N–H and O–H groups in total. The van der Waals surface area contributed by atoms with Gasteiger partial charge in [-0.05, 0) is 31.0 Å². The molecule has 7 heteroatoms. The summed E-state index contributed by atoms with van der Waals surface area (Å²) in [4.78, 5) is 12.4. The first-order chi connectivity index (χ1) is 16.4. The molecule has 0 amide bonds. The standard InChI is InChI=1S/C27H29NO6/c29-18-22-25(31)26(32)27(33,16-15-19-7-3-1-4-8-19)23(34-22)13-11-20-12-14-24(30)28(17-20)21-9-5-2-6-10-21/h1,3-4,7-8,12,14,17,21-23,25-26,29,31-33H,2,5-6,9-10,18H2/t22-,23-,25-,26+,27-/m1/s1. The highest BCUT2D eigenvalue weighted by atomic mass is 16.5. The molecule has 1 aromatic carbocycles. The molecular weight excluding hydrogens is 434 g/mol. The Kier molecular flexibility index (Phi) is 7.53. The van der Waals surface area contributed by atoms with Crippen molar-refractivity contribution >= 4 is 0 Å². The third kappa shape index (κ3) is 5.10. The van der Waals surface area contributed by atoms with Crippen LogP contribution in [0, 0.1) is 23.7 Å². The SMILES string of the molecule is O=c1ccc(C#C[C@H]2O[C@H](CO)[C@@H](O)[C@H](O)[C@@]2(O)C#Cc2ccccc2)cn1C1CCCCC1. The Bertz CT molecular complexity index is 1160. The summed E-state index contributed by atoms with van der Waals surface area (Å²) in [5, 5.41) is 41.9. The molecule has 178 valence electrons. The highest BCUT2D eigenvalue weighted by Crippen LogP contribution is 2.30. The minimum Gasteiger partial charge on any atom is -0.394 e. The van der Waals surface area contributed by atoms with Crippen LogP contribution in [0.25, 0.3) is 0 Å². The fourth-order valence-electron chi connectivity index (χ4n) is 4.48. The van der Waals surface area contributed by atoms with Crippen molar-refractivity contribution in [3.63, 3.8) is 0 Å². The summed E-state index contributed by atoms with van der Waals surface area (Å²) in [7, 11) is 0. The van der Waals surface area contributed by atoms with Crippen molar-refractivity contribution in [1.29, 1.82) is 0 Å². The van der Waals surface area contributed by atoms with Crippen LogP contribution >= 0.6 is 0 Å². The predicted molar refractivity (Wildman–Crippen MR) is 126 cm³/mol. The summed E-state index contributed by atoms with van der Waals surface area (Å²) in [6, 6.07) is 12.1. The van der Waals surface area contributed by atoms with Crippen molar-refractivity contribution in [3.05, 3.63) is 70.1 Å². The van der Waals surface area contributed by atoms with E-state index in [-0.39, 0.29) is 11.6 Å². The van der Waals surface area contributed by atoms with Crippen LogP contribution in [-0.4, -0.2) is 61.6 Å². The first kappa shape index (κ1) is 24.2. The molecule has 5 atom stereocenters. The topological polar surface area (TPSA) is 112 Å². The zero-order valence-corrected chi connectivity index (χ0v) is 18.8. The molecule has 1 aliphatic carbocycles. The predicted octanol–water partition coefficient (Wildman–Crippen LogP) is 0.969. The van der Waals surface area contributed by atoms with Gasteiger partial charge in [0.15, 0.2) is 11.7 Å². The van der Waals surface area contributed by atoms with E-state index < -0.39 is 36.6 Å². The van der Waals surface area contributed by atoms with Gasteiger partial charge < -0.3 is 29.7 Å². The van der Waals surface area contributed by atoms with E-state index in [2.05, 4.69) is 23.7 Å². The van der Waals surface area contributed by atoms with E-state index in [1.54, 1.807) is 41.1 Å². The smallest absolute Gasteiger partial charge is 0.250 e. The third-order valence-electron chi connectivity index (χ3n) is 6.48. The molecule has 0 bridgehead atoms. The zero-order chi connectivity index (χ0) is 24.1. The number of ether oxygens (including phenoxy) is 1. The van der Waals surface area contributed by atoms with Gasteiger partial charge in [0.25, 0.3) is 5.56 Å². The Morgan fingerprint density at radius 3 is 2.44 bits per heavy atom. The second kappa shape index (κ2) is 10.6. The Morgan fingerprint density at radius 2 is 1.74 bits per heavy atom. The number of hydrogen-bond acceptors (Lipinski definition) is 6. The van der Waals surface area contributed by atoms with Crippen LogP contribution < -0.4 is 5.56 Å². The van der Waals surface area contributed by atoms with E-state index >= 15 is 0 Å². The normalized spacial score (nSPS) is 29.4. The van der Waals surface area contributed by atoms with Crippen LogP contribution in [0.3, 0.4) is 0 Å². The maximum atomic E-state index is 12.4. The molecule has 34 heavy (non-hydrogen) atoms. The molecule has 0 spiro atoms. The average molecular weight is 464 g/mol. The Hall–Kier alpha value is -2.91. The lowest BCUT2D eigenvalue weighted by atomic mass is 9.82. The van der Waals surface area contributed by atoms with Crippen LogP contribution in [0.4, 0.5) is 0 Å². The average Bonchev–Trinajstić information content (AvgIpc) is 2.88. The fourth-order valence-corrected chi connectivity index (χ4v) is 4.48. The van der Waals surface area contributed by atoms with E-state index in [1.165, 1.54) is 12.5 Å². The van der Waals surface area contributed by atoms with Crippen molar-refractivity contribution in [3.8, 4) is 23.7 Å². The van der Waals surface area contributed by atoms with Gasteiger partial charge in [-0.2, -0.15) is 0 Å². The molecule has 1 aliphatic heterocycles. The van der Waals surface area contributed by atoms with Gasteiger partial charge in [-0.25, -0.2) is 0 Å². The van der Waals surface area contributed by atoms with E-state index in [0.717, 1.165) is 25.7 Å². The highest BCUT2D eigenvalue weighted by Gasteiger charge is 2.53. The van der Waals surface area contributed by atoms with Gasteiger partial charge in [-0.1, -0.05) is 61.1 Å². The molecule has 4 rings (SSSR count). The van der Waals surface area contributed by atoms with Crippen LogP contribution in [0.15, 0.2) is 53.5 Å². The van der Waals surface area contributed by atoms with Gasteiger partial charge in [0.2, 0.25) is 0 Å². The number of pyridine rings is 1. The van der Waals surface area contributed by atoms with Crippen LogP contribution in [0.5, 0.6) is 0 Å². The van der Waals surface area contributed by atoms with E-state index in [4.69, 9.17) is 4.74 Å². The number of benzene rings is 1. The Labute approximate surface area is 198 Å². The summed E-state index contributed by atoms with van der Waals surface area (Å²) in [6.45, 7) is -0.564. The lowest BCUT2D eigenvalue weighted by Crippen LogP contribution is -2.65. The van der Waals surface area contributed by atoms with Gasteiger partial charge in [-0.15, -0.1) is 0 Å². The number of hydrogen-bond donors (Lipinski definition) is 4. The molecule has 0 radical (unpaired) electrons. The molecular formula is C27H29NO6. The molecule has 0 unspecified atom stereocenters. The third-order valence-corrected chi connectivity index (χ3v) is 6.48. The lowest BCUT2D eigenvalue weighted by Gasteiger charge is -2.43. The molecule has 2 fully saturated rings. The van der Waals surface area contributed by atoms with E-state index in [1.807, 2.05) is 6.07 Å². The molecule has 1 saturated carbocycles. The number of nitrogens with zero attached hydrogens (tertiary/aromatic N) is 1. The molecule has 2 aromatic rings. The van der Waals surface area contributed by atoms with E-state index in [0.29, 0.717) is 11.1 Å². The molecule has 2 aliphatic rings. The van der Waals surface area contributed by atoms with Crippen LogP contribution in [-0.2, 0) is 4.74 Å². The van der Waals surface area contributed by atoms with Gasteiger partial charge in [0, 0.05) is 29.4 Å². The first-order valence-electron chi connectivity index (χ1n) is 11.6. The molecule has 7 nitrogen and oxygen atoms in total. The Balaban J connectivity index is 1.67. The van der Waals surface area contributed by atoms with E-state index in [9.17, 15) is 25.2 Å². The molecule has 1 aromatic heterocycles. The quantitative estimate of drug-likeness (QED) is 0.494. The Morgan fingerprint density at radius 1 is 1.00 bits per heavy atom. The largest absolute Gasteiger partial charge is 0.394 e. The molecule has 1 saturated heterocycles. The number of aromatic nitrogens is 1. The minimum absolute atomic E-state index is 0.0875. The van der Waals surface area contributed by atoms with Gasteiger partial charge >= 0.3 is 0 Å². The maximum Gasteiger partial charge on any atom is 0.250 e. The number of rotatable bonds is 2. The summed E-state index contributed by atoms with van der Waals surface area (Å²) < 4.78 is 7.37. The summed E-state index contributed by atoms with van der Waals surface area (Å²) >= 11 is 0. The summed E-state index contributed by atoms with van der Waals surface area (Å²) in [6.07, 6.45) is 1.22.